The van der Waals surface area contributed by atoms with Gasteiger partial charge in [0.25, 0.3) is 5.91 Å². The zero-order chi connectivity index (χ0) is 28.6. The molecule has 8 nitrogen and oxygen atoms in total. The van der Waals surface area contributed by atoms with Crippen LogP contribution in [0, 0.1) is 5.82 Å². The average Bonchev–Trinajstić information content (AvgIpc) is 3.45. The predicted octanol–water partition coefficient (Wildman–Crippen LogP) is 6.68. The number of rotatable bonds is 7. The Morgan fingerprint density at radius 3 is 2.54 bits per heavy atom. The van der Waals surface area contributed by atoms with E-state index < -0.39 is 29.2 Å². The van der Waals surface area contributed by atoms with Gasteiger partial charge in [0, 0.05) is 30.6 Å². The maximum absolute atomic E-state index is 14.9. The lowest BCUT2D eigenvalue weighted by Crippen LogP contribution is -2.23. The molecule has 0 atom stereocenters. The number of anilines is 3. The molecule has 0 unspecified atom stereocenters. The third kappa shape index (κ3) is 6.00. The molecule has 204 valence electrons. The third-order valence-electron chi connectivity index (χ3n) is 5.46. The summed E-state index contributed by atoms with van der Waals surface area (Å²) in [6.45, 7) is 5.25. The number of aromatic nitrogens is 3. The van der Waals surface area contributed by atoms with Crippen LogP contribution in [0.3, 0.4) is 0 Å². The zero-order valence-electron chi connectivity index (χ0n) is 20.1. The van der Waals surface area contributed by atoms with E-state index in [0.29, 0.717) is 28.0 Å². The number of nitrogens with zero attached hydrogens (tertiary/aromatic N) is 3. The van der Waals surface area contributed by atoms with E-state index >= 15 is 0 Å². The fourth-order valence-corrected chi connectivity index (χ4v) is 4.65. The van der Waals surface area contributed by atoms with Gasteiger partial charge in [0.2, 0.25) is 11.9 Å². The van der Waals surface area contributed by atoms with Gasteiger partial charge >= 0.3 is 6.18 Å². The van der Waals surface area contributed by atoms with Crippen LogP contribution in [0.5, 0.6) is 0 Å². The average molecular weight is 601 g/mol. The Kier molecular flexibility index (Phi) is 7.87. The highest BCUT2D eigenvalue weighted by Gasteiger charge is 2.34. The van der Waals surface area contributed by atoms with Gasteiger partial charge in [-0.2, -0.15) is 13.2 Å². The van der Waals surface area contributed by atoms with Crippen molar-refractivity contribution in [3.05, 3.63) is 74.5 Å². The minimum atomic E-state index is -4.68. The monoisotopic (exact) mass is 600 g/mol. The number of thiazole rings is 1. The predicted molar refractivity (Wildman–Crippen MR) is 142 cm³/mol. The van der Waals surface area contributed by atoms with Gasteiger partial charge < -0.3 is 15.2 Å². The molecule has 0 aliphatic rings. The summed E-state index contributed by atoms with van der Waals surface area (Å²) in [6, 6.07) is 5.45. The molecular formula is C24H18Cl2F4N6O2S. The summed E-state index contributed by atoms with van der Waals surface area (Å²) in [7, 11) is 1.59. The van der Waals surface area contributed by atoms with Crippen molar-refractivity contribution in [2.45, 2.75) is 19.6 Å². The number of fused-ring (bicyclic) bond motifs is 1. The van der Waals surface area contributed by atoms with Gasteiger partial charge in [-0.25, -0.2) is 14.4 Å². The largest absolute Gasteiger partial charge is 0.434 e. The van der Waals surface area contributed by atoms with E-state index in [2.05, 4.69) is 32.5 Å². The molecule has 0 aliphatic heterocycles. The van der Waals surface area contributed by atoms with Gasteiger partial charge in [-0.05, 0) is 24.6 Å². The Labute approximate surface area is 232 Å². The van der Waals surface area contributed by atoms with Crippen molar-refractivity contribution in [3.63, 3.8) is 0 Å². The lowest BCUT2D eigenvalue weighted by molar-refractivity contribution is -0.140. The van der Waals surface area contributed by atoms with Crippen molar-refractivity contribution in [1.82, 2.24) is 19.9 Å². The molecule has 2 aromatic carbocycles. The standard InChI is InChI=1S/C24H18Cl2F4N6O2S/c1-10(2)20(37)31-8-11-4-5-13(25)19(18(11)26)34-22-32-15-6-12(14(27)7-16(15)36(22)3)21(38)35-23-33-17(9-39-23)24(28,29)30/h4-7,9H,1,8H2,2-3H3,(H,31,37)(H,32,34)(H,33,35,38). The number of nitrogens with one attached hydrogen (secondary N) is 3. The summed E-state index contributed by atoms with van der Waals surface area (Å²) in [5, 5.41) is 8.71. The number of carbonyl (C=O) groups is 2. The summed E-state index contributed by atoms with van der Waals surface area (Å²) >= 11 is 13.4. The molecule has 0 spiro atoms. The second kappa shape index (κ2) is 10.8. The van der Waals surface area contributed by atoms with Gasteiger partial charge in [-0.15, -0.1) is 11.3 Å². The van der Waals surface area contributed by atoms with Crippen LogP contribution in [-0.4, -0.2) is 26.3 Å². The van der Waals surface area contributed by atoms with E-state index in [1.165, 1.54) is 4.57 Å². The summed E-state index contributed by atoms with van der Waals surface area (Å²) in [5.41, 5.74) is 0.0625. The van der Waals surface area contributed by atoms with Crippen molar-refractivity contribution in [2.24, 2.45) is 7.05 Å². The lowest BCUT2D eigenvalue weighted by atomic mass is 10.1. The molecule has 0 radical (unpaired) electrons. The van der Waals surface area contributed by atoms with Crippen LogP contribution < -0.4 is 16.0 Å². The zero-order valence-corrected chi connectivity index (χ0v) is 22.5. The smallest absolute Gasteiger partial charge is 0.348 e. The molecule has 0 saturated heterocycles. The maximum atomic E-state index is 14.9. The molecule has 4 rings (SSSR count). The maximum Gasteiger partial charge on any atom is 0.434 e. The number of benzene rings is 2. The quantitative estimate of drug-likeness (QED) is 0.162. The Bertz CT molecular complexity index is 1630. The first-order valence-corrected chi connectivity index (χ1v) is 12.6. The first kappa shape index (κ1) is 28.3. The minimum absolute atomic E-state index is 0.103. The number of hydrogen-bond acceptors (Lipinski definition) is 6. The van der Waals surface area contributed by atoms with Crippen LogP contribution >= 0.6 is 34.5 Å². The lowest BCUT2D eigenvalue weighted by Gasteiger charge is -2.14. The topological polar surface area (TPSA) is 101 Å². The minimum Gasteiger partial charge on any atom is -0.348 e. The fraction of sp³-hybridized carbons (Fsp3) is 0.167. The number of aryl methyl sites for hydroxylation is 1. The van der Waals surface area contributed by atoms with Crippen molar-refractivity contribution in [2.75, 3.05) is 10.6 Å². The van der Waals surface area contributed by atoms with Crippen LogP contribution in [0.25, 0.3) is 11.0 Å². The van der Waals surface area contributed by atoms with E-state index in [1.54, 1.807) is 26.1 Å². The van der Waals surface area contributed by atoms with Crippen molar-refractivity contribution >= 4 is 74.2 Å². The fourth-order valence-electron chi connectivity index (χ4n) is 3.41. The molecule has 39 heavy (non-hydrogen) atoms. The normalized spacial score (nSPS) is 11.5. The Hall–Kier alpha value is -3.68. The van der Waals surface area contributed by atoms with Crippen LogP contribution in [0.4, 0.5) is 34.3 Å². The van der Waals surface area contributed by atoms with Crippen LogP contribution in [0.2, 0.25) is 10.0 Å². The van der Waals surface area contributed by atoms with Crippen molar-refractivity contribution in [1.29, 1.82) is 0 Å². The highest BCUT2D eigenvalue weighted by molar-refractivity contribution is 7.14. The van der Waals surface area contributed by atoms with Crippen LogP contribution in [0.1, 0.15) is 28.5 Å². The van der Waals surface area contributed by atoms with Crippen molar-refractivity contribution < 1.29 is 27.2 Å². The summed E-state index contributed by atoms with van der Waals surface area (Å²) in [5.74, 6) is -2.06. The van der Waals surface area contributed by atoms with E-state index in [4.69, 9.17) is 23.2 Å². The SMILES string of the molecule is C=C(C)C(=O)NCc1ccc(Cl)c(Nc2nc3cc(C(=O)Nc4nc(C(F)(F)F)cs4)c(F)cc3n2C)c1Cl. The van der Waals surface area contributed by atoms with E-state index in [1.807, 2.05) is 0 Å². The van der Waals surface area contributed by atoms with Crippen LogP contribution in [-0.2, 0) is 24.6 Å². The molecule has 0 fully saturated rings. The summed E-state index contributed by atoms with van der Waals surface area (Å²) in [4.78, 5) is 32.2. The highest BCUT2D eigenvalue weighted by Crippen LogP contribution is 2.36. The second-order valence-corrected chi connectivity index (χ2v) is 9.93. The van der Waals surface area contributed by atoms with E-state index in [9.17, 15) is 27.2 Å². The summed E-state index contributed by atoms with van der Waals surface area (Å²) in [6.07, 6.45) is -4.68. The second-order valence-electron chi connectivity index (χ2n) is 8.29. The summed E-state index contributed by atoms with van der Waals surface area (Å²) < 4.78 is 54.7. The molecule has 3 N–H and O–H groups in total. The molecular weight excluding hydrogens is 583 g/mol. The van der Waals surface area contributed by atoms with Crippen LogP contribution in [0.15, 0.2) is 41.8 Å². The molecule has 15 heteroatoms. The molecule has 2 amide bonds. The molecule has 2 heterocycles. The Morgan fingerprint density at radius 1 is 1.18 bits per heavy atom. The molecule has 0 aliphatic carbocycles. The van der Waals surface area contributed by atoms with Gasteiger partial charge in [0.05, 0.1) is 32.3 Å². The number of amides is 2. The van der Waals surface area contributed by atoms with Crippen molar-refractivity contribution in [3.8, 4) is 0 Å². The van der Waals surface area contributed by atoms with E-state index in [-0.39, 0.29) is 44.8 Å². The number of alkyl halides is 3. The van der Waals surface area contributed by atoms with Gasteiger partial charge in [0.15, 0.2) is 10.8 Å². The molecule has 4 aromatic rings. The number of hydrogen-bond donors (Lipinski definition) is 3. The molecule has 0 saturated carbocycles. The van der Waals surface area contributed by atoms with Gasteiger partial charge in [-0.1, -0.05) is 35.8 Å². The number of imidazole rings is 1. The Morgan fingerprint density at radius 2 is 1.90 bits per heavy atom. The number of carbonyl (C=O) groups excluding carboxylic acids is 2. The van der Waals surface area contributed by atoms with Gasteiger partial charge in [0.1, 0.15) is 5.82 Å². The molecule has 2 aromatic heterocycles. The first-order valence-electron chi connectivity index (χ1n) is 10.9. The third-order valence-corrected chi connectivity index (χ3v) is 6.97. The number of halogens is 6. The van der Waals surface area contributed by atoms with E-state index in [0.717, 1.165) is 17.5 Å². The molecule has 0 bridgehead atoms. The Balaban J connectivity index is 1.61. The first-order chi connectivity index (χ1) is 18.3. The van der Waals surface area contributed by atoms with Gasteiger partial charge in [-0.3, -0.25) is 14.9 Å². The highest BCUT2D eigenvalue weighted by atomic mass is 35.5.